The topological polar surface area (TPSA) is 122 Å². The Kier molecular flexibility index (Phi) is 7.18. The molecule has 186 valence electrons. The standard InChI is InChI=1S/C26H25N3O6S/c1-17-7-13-20(14-8-17)36(33,34)29(2)16-18-9-11-19(12-10-18)25(31)28-27-24(30)15-23-21-5-3-4-6-22(21)26(32)35-23/h3-14,23H,15-16H2,1-2H3,(H,27,30)(H,28,31)/t23-/m1/s1. The van der Waals surface area contributed by atoms with Crippen molar-refractivity contribution in [2.45, 2.75) is 30.9 Å². The maximum atomic E-state index is 12.8. The van der Waals surface area contributed by atoms with E-state index in [0.717, 1.165) is 5.56 Å². The van der Waals surface area contributed by atoms with Crippen molar-refractivity contribution in [2.24, 2.45) is 0 Å². The van der Waals surface area contributed by atoms with Crippen molar-refractivity contribution in [3.8, 4) is 0 Å². The predicted molar refractivity (Wildman–Crippen MR) is 131 cm³/mol. The molecule has 0 saturated heterocycles. The number of carbonyl (C=O) groups is 3. The SMILES string of the molecule is Cc1ccc(S(=O)(=O)N(C)Cc2ccc(C(=O)NNC(=O)C[C@H]3OC(=O)c4ccccc43)cc2)cc1. The first-order chi connectivity index (χ1) is 17.1. The number of carbonyl (C=O) groups excluding carboxylic acids is 3. The molecule has 10 heteroatoms. The van der Waals surface area contributed by atoms with Gasteiger partial charge in [-0.25, -0.2) is 13.2 Å². The zero-order valence-electron chi connectivity index (χ0n) is 19.7. The lowest BCUT2D eigenvalue weighted by Crippen LogP contribution is -2.42. The minimum absolute atomic E-state index is 0.121. The van der Waals surface area contributed by atoms with Gasteiger partial charge in [-0.05, 0) is 42.8 Å². The minimum atomic E-state index is -3.66. The van der Waals surface area contributed by atoms with Crippen molar-refractivity contribution < 1.29 is 27.5 Å². The summed E-state index contributed by atoms with van der Waals surface area (Å²) < 4.78 is 32.0. The number of hydrogen-bond donors (Lipinski definition) is 2. The Hall–Kier alpha value is -4.02. The molecule has 0 radical (unpaired) electrons. The number of nitrogens with one attached hydrogen (secondary N) is 2. The number of benzene rings is 3. The molecule has 4 rings (SSSR count). The van der Waals surface area contributed by atoms with Crippen LogP contribution in [-0.2, 0) is 26.1 Å². The zero-order valence-corrected chi connectivity index (χ0v) is 20.5. The van der Waals surface area contributed by atoms with Crippen LogP contribution in [0.1, 0.15) is 49.9 Å². The van der Waals surface area contributed by atoms with Gasteiger partial charge in [-0.1, -0.05) is 48.0 Å². The fraction of sp³-hybridized carbons (Fsp3) is 0.192. The van der Waals surface area contributed by atoms with Gasteiger partial charge >= 0.3 is 5.97 Å². The molecule has 3 aromatic rings. The molecule has 0 spiro atoms. The average molecular weight is 508 g/mol. The van der Waals surface area contributed by atoms with Gasteiger partial charge in [0.1, 0.15) is 6.10 Å². The van der Waals surface area contributed by atoms with Crippen LogP contribution in [0.3, 0.4) is 0 Å². The van der Waals surface area contributed by atoms with Crippen molar-refractivity contribution >= 4 is 27.8 Å². The maximum absolute atomic E-state index is 12.8. The fourth-order valence-electron chi connectivity index (χ4n) is 3.78. The Balaban J connectivity index is 1.30. The molecule has 1 aliphatic heterocycles. The van der Waals surface area contributed by atoms with Crippen LogP contribution in [0.4, 0.5) is 0 Å². The molecular formula is C26H25N3O6S. The number of sulfonamides is 1. The third-order valence-corrected chi connectivity index (χ3v) is 7.63. The Morgan fingerprint density at radius 3 is 2.31 bits per heavy atom. The lowest BCUT2D eigenvalue weighted by Gasteiger charge is -2.17. The Morgan fingerprint density at radius 2 is 1.61 bits per heavy atom. The monoisotopic (exact) mass is 507 g/mol. The van der Waals surface area contributed by atoms with E-state index in [1.54, 1.807) is 60.7 Å². The highest BCUT2D eigenvalue weighted by atomic mass is 32.2. The van der Waals surface area contributed by atoms with Crippen molar-refractivity contribution in [2.75, 3.05) is 7.05 Å². The molecule has 1 heterocycles. The van der Waals surface area contributed by atoms with Crippen molar-refractivity contribution in [3.63, 3.8) is 0 Å². The molecule has 0 saturated carbocycles. The molecule has 0 bridgehead atoms. The molecular weight excluding hydrogens is 482 g/mol. The van der Waals surface area contributed by atoms with E-state index < -0.39 is 33.9 Å². The molecule has 1 atom stereocenters. The summed E-state index contributed by atoms with van der Waals surface area (Å²) in [5.74, 6) is -1.54. The van der Waals surface area contributed by atoms with E-state index in [-0.39, 0.29) is 23.4 Å². The number of ether oxygens (including phenoxy) is 1. The number of hydrazine groups is 1. The van der Waals surface area contributed by atoms with Gasteiger partial charge in [-0.3, -0.25) is 20.4 Å². The number of rotatable bonds is 7. The first kappa shape index (κ1) is 25.1. The summed E-state index contributed by atoms with van der Waals surface area (Å²) in [6, 6.07) is 19.8. The summed E-state index contributed by atoms with van der Waals surface area (Å²) >= 11 is 0. The second kappa shape index (κ2) is 10.3. The normalized spacial score (nSPS) is 14.8. The summed E-state index contributed by atoms with van der Waals surface area (Å²) in [5.41, 5.74) is 7.65. The number of aryl methyl sites for hydroxylation is 1. The lowest BCUT2D eigenvalue weighted by atomic mass is 10.0. The van der Waals surface area contributed by atoms with Gasteiger partial charge in [-0.2, -0.15) is 4.31 Å². The summed E-state index contributed by atoms with van der Waals surface area (Å²) in [5, 5.41) is 0. The zero-order chi connectivity index (χ0) is 25.9. The van der Waals surface area contributed by atoms with Gasteiger partial charge in [0.05, 0.1) is 16.9 Å². The molecule has 0 unspecified atom stereocenters. The summed E-state index contributed by atoms with van der Waals surface area (Å²) in [7, 11) is -2.16. The molecule has 3 aromatic carbocycles. The Labute approximate surface area is 209 Å². The van der Waals surface area contributed by atoms with Crippen molar-refractivity contribution in [1.29, 1.82) is 0 Å². The van der Waals surface area contributed by atoms with Crippen LogP contribution in [0.25, 0.3) is 0 Å². The van der Waals surface area contributed by atoms with E-state index in [1.165, 1.54) is 23.5 Å². The van der Waals surface area contributed by atoms with E-state index in [0.29, 0.717) is 16.7 Å². The molecule has 2 N–H and O–H groups in total. The van der Waals surface area contributed by atoms with Crippen LogP contribution < -0.4 is 10.9 Å². The number of hydrogen-bond acceptors (Lipinski definition) is 6. The molecule has 9 nitrogen and oxygen atoms in total. The maximum Gasteiger partial charge on any atom is 0.339 e. The largest absolute Gasteiger partial charge is 0.453 e. The van der Waals surface area contributed by atoms with Gasteiger partial charge in [0.25, 0.3) is 5.91 Å². The van der Waals surface area contributed by atoms with Gasteiger partial charge in [-0.15, -0.1) is 0 Å². The number of amides is 2. The smallest absolute Gasteiger partial charge is 0.339 e. The van der Waals surface area contributed by atoms with Gasteiger partial charge < -0.3 is 4.74 Å². The second-order valence-electron chi connectivity index (χ2n) is 8.46. The van der Waals surface area contributed by atoms with Crippen LogP contribution in [0, 0.1) is 6.92 Å². The number of esters is 1. The number of nitrogens with zero attached hydrogens (tertiary/aromatic N) is 1. The summed E-state index contributed by atoms with van der Waals surface area (Å²) in [6.45, 7) is 2.00. The second-order valence-corrected chi connectivity index (χ2v) is 10.5. The minimum Gasteiger partial charge on any atom is -0.453 e. The van der Waals surface area contributed by atoms with Crippen molar-refractivity contribution in [1.82, 2.24) is 15.2 Å². The highest BCUT2D eigenvalue weighted by Crippen LogP contribution is 2.32. The molecule has 0 fully saturated rings. The first-order valence-electron chi connectivity index (χ1n) is 11.2. The summed E-state index contributed by atoms with van der Waals surface area (Å²) in [4.78, 5) is 36.8. The molecule has 1 aliphatic rings. The van der Waals surface area contributed by atoms with Crippen LogP contribution >= 0.6 is 0 Å². The Bertz CT molecular complexity index is 1400. The van der Waals surface area contributed by atoms with E-state index >= 15 is 0 Å². The molecule has 2 amide bonds. The van der Waals surface area contributed by atoms with Crippen LogP contribution in [0.15, 0.2) is 77.7 Å². The van der Waals surface area contributed by atoms with Crippen molar-refractivity contribution in [3.05, 3.63) is 101 Å². The van der Waals surface area contributed by atoms with Gasteiger partial charge in [0, 0.05) is 24.7 Å². The number of fused-ring (bicyclic) bond motifs is 1. The van der Waals surface area contributed by atoms with E-state index in [1.807, 2.05) is 6.92 Å². The molecule has 0 aliphatic carbocycles. The third kappa shape index (κ3) is 5.45. The van der Waals surface area contributed by atoms with Gasteiger partial charge in [0.15, 0.2) is 0 Å². The average Bonchev–Trinajstić information content (AvgIpc) is 3.18. The van der Waals surface area contributed by atoms with E-state index in [9.17, 15) is 22.8 Å². The predicted octanol–water partition coefficient (Wildman–Crippen LogP) is 2.88. The first-order valence-corrected chi connectivity index (χ1v) is 12.6. The van der Waals surface area contributed by atoms with E-state index in [2.05, 4.69) is 10.9 Å². The highest BCUT2D eigenvalue weighted by molar-refractivity contribution is 7.89. The quantitative estimate of drug-likeness (QED) is 0.375. The van der Waals surface area contributed by atoms with E-state index in [4.69, 9.17) is 4.74 Å². The highest BCUT2D eigenvalue weighted by Gasteiger charge is 2.32. The van der Waals surface area contributed by atoms with Gasteiger partial charge in [0.2, 0.25) is 15.9 Å². The number of cyclic esters (lactones) is 1. The third-order valence-electron chi connectivity index (χ3n) is 5.81. The Morgan fingerprint density at radius 1 is 0.944 bits per heavy atom. The summed E-state index contributed by atoms with van der Waals surface area (Å²) in [6.07, 6.45) is -0.845. The van der Waals surface area contributed by atoms with Crippen LogP contribution in [0.2, 0.25) is 0 Å². The lowest BCUT2D eigenvalue weighted by molar-refractivity contribution is -0.123. The fourth-order valence-corrected chi connectivity index (χ4v) is 4.94. The molecule has 0 aromatic heterocycles. The van der Waals surface area contributed by atoms with Crippen LogP contribution in [0.5, 0.6) is 0 Å². The van der Waals surface area contributed by atoms with Crippen LogP contribution in [-0.4, -0.2) is 37.6 Å². The molecule has 36 heavy (non-hydrogen) atoms.